The van der Waals surface area contributed by atoms with Crippen molar-refractivity contribution < 1.29 is 4.79 Å². The number of aromatic nitrogens is 4. The van der Waals surface area contributed by atoms with Crippen LogP contribution in [0.25, 0.3) is 0 Å². The molecule has 1 aliphatic rings. The summed E-state index contributed by atoms with van der Waals surface area (Å²) in [5.41, 5.74) is 1.44. The van der Waals surface area contributed by atoms with Gasteiger partial charge in [0.2, 0.25) is 5.91 Å². The summed E-state index contributed by atoms with van der Waals surface area (Å²) in [6.45, 7) is 0.439. The molecule has 0 bridgehead atoms. The van der Waals surface area contributed by atoms with Gasteiger partial charge in [-0.2, -0.15) is 5.26 Å². The van der Waals surface area contributed by atoms with Crippen molar-refractivity contribution in [3.63, 3.8) is 0 Å². The van der Waals surface area contributed by atoms with Crippen LogP contribution in [-0.2, 0) is 16.8 Å². The lowest BCUT2D eigenvalue weighted by Gasteiger charge is -2.20. The molecule has 1 saturated carbocycles. The number of hydrogen-bond donors (Lipinski definition) is 1. The molecule has 2 aromatic rings. The number of hydrogen-bond acceptors (Lipinski definition) is 5. The van der Waals surface area contributed by atoms with E-state index in [9.17, 15) is 10.1 Å². The van der Waals surface area contributed by atoms with E-state index in [-0.39, 0.29) is 11.3 Å². The molecule has 1 aromatic heterocycles. The van der Waals surface area contributed by atoms with Gasteiger partial charge < -0.3 is 5.32 Å². The molecule has 1 N–H and O–H groups in total. The molecule has 0 aliphatic heterocycles. The van der Waals surface area contributed by atoms with Crippen molar-refractivity contribution in [1.82, 2.24) is 20.2 Å². The zero-order valence-corrected chi connectivity index (χ0v) is 12.8. The van der Waals surface area contributed by atoms with E-state index in [0.29, 0.717) is 13.0 Å². The zero-order chi connectivity index (χ0) is 16.1. The van der Waals surface area contributed by atoms with Crippen molar-refractivity contribution in [1.29, 1.82) is 5.26 Å². The molecule has 23 heavy (non-hydrogen) atoms. The number of nitrogens with zero attached hydrogens (tertiary/aromatic N) is 5. The molecule has 1 amide bonds. The van der Waals surface area contributed by atoms with Gasteiger partial charge in [0.15, 0.2) is 0 Å². The van der Waals surface area contributed by atoms with Gasteiger partial charge >= 0.3 is 0 Å². The first-order valence-corrected chi connectivity index (χ1v) is 7.74. The van der Waals surface area contributed by atoms with Gasteiger partial charge in [0.25, 0.3) is 0 Å². The number of nitriles is 1. The molecule has 1 aliphatic carbocycles. The summed E-state index contributed by atoms with van der Waals surface area (Å²) < 4.78 is 1.51. The number of amides is 1. The average Bonchev–Trinajstić information content (AvgIpc) is 3.26. The highest BCUT2D eigenvalue weighted by Gasteiger charge is 2.35. The Balaban J connectivity index is 1.59. The van der Waals surface area contributed by atoms with Gasteiger partial charge in [-0.3, -0.25) is 4.79 Å². The van der Waals surface area contributed by atoms with Crippen LogP contribution in [0, 0.1) is 11.3 Å². The van der Waals surface area contributed by atoms with E-state index >= 15 is 0 Å². The van der Waals surface area contributed by atoms with Crippen LogP contribution in [-0.4, -0.2) is 26.1 Å². The number of rotatable bonds is 5. The molecule has 0 spiro atoms. The van der Waals surface area contributed by atoms with E-state index in [0.717, 1.165) is 36.9 Å². The van der Waals surface area contributed by atoms with E-state index in [1.807, 2.05) is 24.3 Å². The lowest BCUT2D eigenvalue weighted by atomic mass is 9.80. The first kappa shape index (κ1) is 15.2. The van der Waals surface area contributed by atoms with Crippen LogP contribution in [0.5, 0.6) is 0 Å². The van der Waals surface area contributed by atoms with Crippen LogP contribution in [0.1, 0.15) is 37.7 Å². The lowest BCUT2D eigenvalue weighted by molar-refractivity contribution is -0.116. The van der Waals surface area contributed by atoms with E-state index < -0.39 is 0 Å². The maximum Gasteiger partial charge on any atom is 0.226 e. The first-order chi connectivity index (χ1) is 11.2. The normalized spacial score (nSPS) is 16.0. The summed E-state index contributed by atoms with van der Waals surface area (Å²) in [6, 6.07) is 10.1. The molecule has 0 unspecified atom stereocenters. The Hall–Kier alpha value is -2.75. The Morgan fingerprint density at radius 1 is 1.30 bits per heavy atom. The van der Waals surface area contributed by atoms with Crippen LogP contribution in [0.3, 0.4) is 0 Å². The predicted molar refractivity (Wildman–Crippen MR) is 83.3 cm³/mol. The summed E-state index contributed by atoms with van der Waals surface area (Å²) in [4.78, 5) is 11.9. The van der Waals surface area contributed by atoms with Gasteiger partial charge in [-0.25, -0.2) is 4.68 Å². The summed E-state index contributed by atoms with van der Waals surface area (Å²) >= 11 is 0. The van der Waals surface area contributed by atoms with E-state index in [4.69, 9.17) is 0 Å². The summed E-state index contributed by atoms with van der Waals surface area (Å²) in [7, 11) is 0. The standard InChI is InChI=1S/C16H18N6O/c17-11-16(8-1-2-9-16)13-3-5-14(6-4-13)19-15(23)7-10-22-12-18-20-21-22/h3-6,12H,1-2,7-10H2,(H,19,23). The number of carbonyl (C=O) groups excluding carboxylic acids is 1. The SMILES string of the molecule is N#CC1(c2ccc(NC(=O)CCn3cnnn3)cc2)CCCC1. The third-order valence-electron chi connectivity index (χ3n) is 4.35. The van der Waals surface area contributed by atoms with Crippen molar-refractivity contribution in [3.8, 4) is 6.07 Å². The molecule has 1 heterocycles. The van der Waals surface area contributed by atoms with Crippen LogP contribution < -0.4 is 5.32 Å². The van der Waals surface area contributed by atoms with Crippen molar-refractivity contribution in [2.45, 2.75) is 44.1 Å². The van der Waals surface area contributed by atoms with Crippen molar-refractivity contribution in [3.05, 3.63) is 36.2 Å². The second-order valence-electron chi connectivity index (χ2n) is 5.85. The first-order valence-electron chi connectivity index (χ1n) is 7.74. The molecule has 0 radical (unpaired) electrons. The molecule has 0 saturated heterocycles. The topological polar surface area (TPSA) is 96.5 Å². The molecule has 0 atom stereocenters. The maximum atomic E-state index is 11.9. The van der Waals surface area contributed by atoms with Crippen LogP contribution in [0.15, 0.2) is 30.6 Å². The van der Waals surface area contributed by atoms with Crippen molar-refractivity contribution in [2.75, 3.05) is 5.32 Å². The molecular formula is C16H18N6O. The minimum atomic E-state index is -0.345. The number of anilines is 1. The Bertz CT molecular complexity index is 695. The van der Waals surface area contributed by atoms with Gasteiger partial charge in [0.1, 0.15) is 6.33 Å². The fourth-order valence-electron chi connectivity index (χ4n) is 3.04. The van der Waals surface area contributed by atoms with Gasteiger partial charge in [0.05, 0.1) is 18.0 Å². The third-order valence-corrected chi connectivity index (χ3v) is 4.35. The summed E-state index contributed by atoms with van der Waals surface area (Å²) in [5, 5.41) is 23.1. The number of tetrazole rings is 1. The molecule has 1 aromatic carbocycles. The van der Waals surface area contributed by atoms with Gasteiger partial charge in [-0.05, 0) is 41.0 Å². The molecule has 3 rings (SSSR count). The monoisotopic (exact) mass is 310 g/mol. The van der Waals surface area contributed by atoms with Gasteiger partial charge in [0, 0.05) is 12.1 Å². The quantitative estimate of drug-likeness (QED) is 0.911. The van der Waals surface area contributed by atoms with Gasteiger partial charge in [-0.15, -0.1) is 5.10 Å². The summed E-state index contributed by atoms with van der Waals surface area (Å²) in [6.07, 6.45) is 5.81. The van der Waals surface area contributed by atoms with E-state index in [2.05, 4.69) is 26.9 Å². The smallest absolute Gasteiger partial charge is 0.226 e. The molecule has 7 heteroatoms. The van der Waals surface area contributed by atoms with E-state index in [1.165, 1.54) is 11.0 Å². The minimum Gasteiger partial charge on any atom is -0.326 e. The van der Waals surface area contributed by atoms with Crippen LogP contribution >= 0.6 is 0 Å². The number of carbonyl (C=O) groups is 1. The average molecular weight is 310 g/mol. The van der Waals surface area contributed by atoms with Crippen LogP contribution in [0.4, 0.5) is 5.69 Å². The van der Waals surface area contributed by atoms with Gasteiger partial charge in [-0.1, -0.05) is 25.0 Å². The number of aryl methyl sites for hydroxylation is 1. The highest BCUT2D eigenvalue weighted by Crippen LogP contribution is 2.40. The van der Waals surface area contributed by atoms with E-state index in [1.54, 1.807) is 0 Å². The third kappa shape index (κ3) is 3.37. The Kier molecular flexibility index (Phi) is 4.33. The molecule has 1 fully saturated rings. The largest absolute Gasteiger partial charge is 0.326 e. The molecular weight excluding hydrogens is 292 g/mol. The Morgan fingerprint density at radius 3 is 2.65 bits per heavy atom. The predicted octanol–water partition coefficient (Wildman–Crippen LogP) is 2.04. The molecule has 7 nitrogen and oxygen atoms in total. The fourth-order valence-corrected chi connectivity index (χ4v) is 3.04. The Labute approximate surface area is 134 Å². The van der Waals surface area contributed by atoms with Crippen LogP contribution in [0.2, 0.25) is 0 Å². The molecule has 118 valence electrons. The lowest BCUT2D eigenvalue weighted by Crippen LogP contribution is -2.19. The minimum absolute atomic E-state index is 0.0934. The van der Waals surface area contributed by atoms with Crippen molar-refractivity contribution >= 4 is 11.6 Å². The highest BCUT2D eigenvalue weighted by atomic mass is 16.1. The van der Waals surface area contributed by atoms with Crippen molar-refractivity contribution in [2.24, 2.45) is 0 Å². The number of nitrogens with one attached hydrogen (secondary N) is 1. The zero-order valence-electron chi connectivity index (χ0n) is 12.8. The Morgan fingerprint density at radius 2 is 2.04 bits per heavy atom. The maximum absolute atomic E-state index is 11.9. The highest BCUT2D eigenvalue weighted by molar-refractivity contribution is 5.90. The number of benzene rings is 1. The second-order valence-corrected chi connectivity index (χ2v) is 5.85. The summed E-state index contributed by atoms with van der Waals surface area (Å²) in [5.74, 6) is -0.0934. The fraction of sp³-hybridized carbons (Fsp3) is 0.438. The second kappa shape index (κ2) is 6.57.